The molecule has 0 radical (unpaired) electrons. The van der Waals surface area contributed by atoms with Crippen LogP contribution >= 0.6 is 27.7 Å². The van der Waals surface area contributed by atoms with Crippen LogP contribution in [0.5, 0.6) is 0 Å². The highest BCUT2D eigenvalue weighted by Crippen LogP contribution is 2.23. The molecule has 0 aromatic heterocycles. The maximum Gasteiger partial charge on any atom is 0.241 e. The van der Waals surface area contributed by atoms with Gasteiger partial charge in [0.25, 0.3) is 0 Å². The van der Waals surface area contributed by atoms with Gasteiger partial charge in [-0.1, -0.05) is 13.0 Å². The summed E-state index contributed by atoms with van der Waals surface area (Å²) >= 11 is 4.93. The molecule has 0 aliphatic carbocycles. The zero-order chi connectivity index (χ0) is 14.5. The average molecular weight is 368 g/mol. The van der Waals surface area contributed by atoms with Gasteiger partial charge in [-0.05, 0) is 46.3 Å². The quantitative estimate of drug-likeness (QED) is 0.776. The summed E-state index contributed by atoms with van der Waals surface area (Å²) < 4.78 is 27.4. The van der Waals surface area contributed by atoms with E-state index in [0.29, 0.717) is 21.8 Å². The molecule has 108 valence electrons. The summed E-state index contributed by atoms with van der Waals surface area (Å²) in [5.41, 5.74) is 0.570. The summed E-state index contributed by atoms with van der Waals surface area (Å²) in [6.45, 7) is 2.28. The van der Waals surface area contributed by atoms with Gasteiger partial charge in [0.05, 0.1) is 11.5 Å². The Hall–Kier alpha value is -0.0800. The highest BCUT2D eigenvalue weighted by Gasteiger charge is 2.18. The summed E-state index contributed by atoms with van der Waals surface area (Å²) in [5, 5.41) is 9.48. The predicted octanol–water partition coefficient (Wildman–Crippen LogP) is 2.36. The standard InChI is InChI=1S/C12H18BrNO3S2/c1-9(18-2)5-6-14-19(16,17)12-7-10(8-15)3-4-11(12)13/h3-4,7,9,14-15H,5-6,8H2,1-2H3. The molecule has 0 fully saturated rings. The molecule has 1 aromatic rings. The Morgan fingerprint density at radius 1 is 1.47 bits per heavy atom. The van der Waals surface area contributed by atoms with Crippen molar-refractivity contribution in [3.63, 3.8) is 0 Å². The first-order valence-electron chi connectivity index (χ1n) is 5.82. The second-order valence-electron chi connectivity index (χ2n) is 4.16. The molecular weight excluding hydrogens is 350 g/mol. The largest absolute Gasteiger partial charge is 0.392 e. The van der Waals surface area contributed by atoms with E-state index in [1.54, 1.807) is 23.9 Å². The maximum atomic E-state index is 12.2. The van der Waals surface area contributed by atoms with E-state index in [0.717, 1.165) is 6.42 Å². The monoisotopic (exact) mass is 367 g/mol. The van der Waals surface area contributed by atoms with Crippen molar-refractivity contribution in [3.8, 4) is 0 Å². The second-order valence-corrected chi connectivity index (χ2v) is 8.02. The number of hydrogen-bond acceptors (Lipinski definition) is 4. The Balaban J connectivity index is 2.82. The van der Waals surface area contributed by atoms with Crippen molar-refractivity contribution in [2.24, 2.45) is 0 Å². The van der Waals surface area contributed by atoms with Crippen molar-refractivity contribution < 1.29 is 13.5 Å². The zero-order valence-electron chi connectivity index (χ0n) is 10.9. The predicted molar refractivity (Wildman–Crippen MR) is 82.8 cm³/mol. The SMILES string of the molecule is CSC(C)CCNS(=O)(=O)c1cc(CO)ccc1Br. The summed E-state index contributed by atoms with van der Waals surface area (Å²) in [4.78, 5) is 0.163. The fourth-order valence-corrected chi connectivity index (χ4v) is 3.86. The molecule has 4 nitrogen and oxygen atoms in total. The summed E-state index contributed by atoms with van der Waals surface area (Å²) in [5.74, 6) is 0. The van der Waals surface area contributed by atoms with Gasteiger partial charge in [0, 0.05) is 16.3 Å². The number of rotatable bonds is 7. The number of thioether (sulfide) groups is 1. The van der Waals surface area contributed by atoms with Gasteiger partial charge in [-0.15, -0.1) is 0 Å². The number of nitrogens with one attached hydrogen (secondary N) is 1. The molecule has 0 saturated carbocycles. The van der Waals surface area contributed by atoms with Gasteiger partial charge >= 0.3 is 0 Å². The van der Waals surface area contributed by atoms with Crippen LogP contribution in [0.25, 0.3) is 0 Å². The third kappa shape index (κ3) is 5.07. The third-order valence-corrected chi connectivity index (χ3v) is 6.21. The van der Waals surface area contributed by atoms with Crippen molar-refractivity contribution in [1.82, 2.24) is 4.72 Å². The van der Waals surface area contributed by atoms with Crippen molar-refractivity contribution in [2.45, 2.75) is 30.1 Å². The Morgan fingerprint density at radius 2 is 2.16 bits per heavy atom. The molecule has 1 aromatic carbocycles. The lowest BCUT2D eigenvalue weighted by atomic mass is 10.2. The lowest BCUT2D eigenvalue weighted by Crippen LogP contribution is -2.26. The van der Waals surface area contributed by atoms with E-state index in [2.05, 4.69) is 27.6 Å². The molecular formula is C12H18BrNO3S2. The van der Waals surface area contributed by atoms with Gasteiger partial charge in [-0.3, -0.25) is 0 Å². The smallest absolute Gasteiger partial charge is 0.241 e. The van der Waals surface area contributed by atoms with Gasteiger partial charge < -0.3 is 5.11 Å². The molecule has 19 heavy (non-hydrogen) atoms. The van der Waals surface area contributed by atoms with Crippen LogP contribution in [0.15, 0.2) is 27.6 Å². The first-order chi connectivity index (χ1) is 8.90. The van der Waals surface area contributed by atoms with Crippen LogP contribution in [0.1, 0.15) is 18.9 Å². The minimum Gasteiger partial charge on any atom is -0.392 e. The van der Waals surface area contributed by atoms with Crippen molar-refractivity contribution in [2.75, 3.05) is 12.8 Å². The van der Waals surface area contributed by atoms with E-state index in [-0.39, 0.29) is 11.5 Å². The van der Waals surface area contributed by atoms with Crippen LogP contribution in [0, 0.1) is 0 Å². The van der Waals surface area contributed by atoms with Crippen LogP contribution in [0.4, 0.5) is 0 Å². The van der Waals surface area contributed by atoms with E-state index in [1.165, 1.54) is 6.07 Å². The normalized spacial score (nSPS) is 13.5. The Kier molecular flexibility index (Phi) is 6.82. The number of benzene rings is 1. The Morgan fingerprint density at radius 3 is 2.74 bits per heavy atom. The lowest BCUT2D eigenvalue weighted by molar-refractivity contribution is 0.281. The van der Waals surface area contributed by atoms with E-state index in [9.17, 15) is 8.42 Å². The van der Waals surface area contributed by atoms with Crippen molar-refractivity contribution >= 4 is 37.7 Å². The Bertz CT molecular complexity index is 520. The topological polar surface area (TPSA) is 66.4 Å². The maximum absolute atomic E-state index is 12.2. The van der Waals surface area contributed by atoms with Crippen LogP contribution in [0.2, 0.25) is 0 Å². The van der Waals surface area contributed by atoms with Crippen LogP contribution in [-0.4, -0.2) is 31.6 Å². The van der Waals surface area contributed by atoms with E-state index < -0.39 is 10.0 Å². The highest BCUT2D eigenvalue weighted by atomic mass is 79.9. The molecule has 7 heteroatoms. The molecule has 1 rings (SSSR count). The van der Waals surface area contributed by atoms with Crippen LogP contribution in [-0.2, 0) is 16.6 Å². The molecule has 1 atom stereocenters. The number of sulfonamides is 1. The summed E-state index contributed by atoms with van der Waals surface area (Å²) in [6.07, 6.45) is 2.78. The van der Waals surface area contributed by atoms with Gasteiger partial charge in [0.15, 0.2) is 0 Å². The number of halogens is 1. The second kappa shape index (κ2) is 7.64. The molecule has 0 aliphatic rings. The van der Waals surface area contributed by atoms with Crippen molar-refractivity contribution in [1.29, 1.82) is 0 Å². The number of hydrogen-bond donors (Lipinski definition) is 2. The van der Waals surface area contributed by atoms with Gasteiger partial charge in [0.2, 0.25) is 10.0 Å². The Labute approximate surface area is 127 Å². The first-order valence-corrected chi connectivity index (χ1v) is 9.39. The van der Waals surface area contributed by atoms with E-state index in [4.69, 9.17) is 5.11 Å². The van der Waals surface area contributed by atoms with E-state index in [1.807, 2.05) is 6.26 Å². The van der Waals surface area contributed by atoms with Gasteiger partial charge in [-0.25, -0.2) is 13.1 Å². The van der Waals surface area contributed by atoms with Crippen molar-refractivity contribution in [3.05, 3.63) is 28.2 Å². The highest BCUT2D eigenvalue weighted by molar-refractivity contribution is 9.10. The fraction of sp³-hybridized carbons (Fsp3) is 0.500. The van der Waals surface area contributed by atoms with Gasteiger partial charge in [-0.2, -0.15) is 11.8 Å². The zero-order valence-corrected chi connectivity index (χ0v) is 14.1. The summed E-state index contributed by atoms with van der Waals surface area (Å²) in [6, 6.07) is 4.79. The number of aliphatic hydroxyl groups excluding tert-OH is 1. The molecule has 0 saturated heterocycles. The average Bonchev–Trinajstić information content (AvgIpc) is 2.38. The molecule has 0 spiro atoms. The molecule has 2 N–H and O–H groups in total. The molecule has 1 unspecified atom stereocenters. The minimum atomic E-state index is -3.54. The first kappa shape index (κ1) is 17.0. The van der Waals surface area contributed by atoms with Gasteiger partial charge in [0.1, 0.15) is 0 Å². The summed E-state index contributed by atoms with van der Waals surface area (Å²) in [7, 11) is -3.54. The molecule has 0 amide bonds. The lowest BCUT2D eigenvalue weighted by Gasteiger charge is -2.11. The van der Waals surface area contributed by atoms with E-state index >= 15 is 0 Å². The molecule has 0 heterocycles. The van der Waals surface area contributed by atoms with Crippen LogP contribution < -0.4 is 4.72 Å². The fourth-order valence-electron chi connectivity index (χ4n) is 1.44. The van der Waals surface area contributed by atoms with Crippen LogP contribution in [0.3, 0.4) is 0 Å². The minimum absolute atomic E-state index is 0.163. The number of aliphatic hydroxyl groups is 1. The molecule has 0 bridgehead atoms. The third-order valence-electron chi connectivity index (χ3n) is 2.71. The molecule has 0 aliphatic heterocycles.